The summed E-state index contributed by atoms with van der Waals surface area (Å²) >= 11 is 0. The number of aromatic hydroxyl groups is 3. The van der Waals surface area contributed by atoms with Crippen molar-refractivity contribution >= 4 is 11.1 Å². The van der Waals surface area contributed by atoms with E-state index in [0.29, 0.717) is 38.8 Å². The minimum absolute atomic E-state index is 0.00956. The van der Waals surface area contributed by atoms with Crippen molar-refractivity contribution in [3.8, 4) is 46.0 Å². The third kappa shape index (κ3) is 29.2. The Kier molecular flexibility index (Phi) is 40.7. The van der Waals surface area contributed by atoms with E-state index < -0.39 is 17.5 Å². The lowest BCUT2D eigenvalue weighted by atomic mass is 9.69. The second kappa shape index (κ2) is 54.7. The van der Waals surface area contributed by atoms with E-state index in [1.807, 2.05) is 109 Å². The van der Waals surface area contributed by atoms with Crippen LogP contribution in [0.4, 0.5) is 17.6 Å². The van der Waals surface area contributed by atoms with E-state index in [1.165, 1.54) is 40.5 Å². The summed E-state index contributed by atoms with van der Waals surface area (Å²) in [5.74, 6) is 1.43. The number of methoxy groups -OCH3 is 8. The first kappa shape index (κ1) is 106. The number of aryl methyl sites for hydroxylation is 4. The lowest BCUT2D eigenvalue weighted by Gasteiger charge is -2.35. The van der Waals surface area contributed by atoms with Gasteiger partial charge in [-0.05, 0) is 349 Å². The number of hydrogen-bond donors (Lipinski definition) is 3. The van der Waals surface area contributed by atoms with Gasteiger partial charge < -0.3 is 76.9 Å². The largest absolute Gasteiger partial charge is 0.505 e. The fraction of sp³-hybridized carbons (Fsp3) is 0.350. The lowest BCUT2D eigenvalue weighted by Crippen LogP contribution is -2.20. The van der Waals surface area contributed by atoms with Gasteiger partial charge in [0.25, 0.3) is 0 Å². The molecule has 3 N–H and O–H groups in total. The summed E-state index contributed by atoms with van der Waals surface area (Å²) in [5, 5.41) is 29.8. The predicted molar refractivity (Wildman–Crippen MR) is 554 cm³/mol. The van der Waals surface area contributed by atoms with Gasteiger partial charge in [-0.3, -0.25) is 0 Å². The Morgan fingerprint density at radius 1 is 0.273 bits per heavy atom. The van der Waals surface area contributed by atoms with E-state index >= 15 is 4.39 Å². The Morgan fingerprint density at radius 3 is 0.888 bits per heavy atom. The number of benzene rings is 13. The Labute approximate surface area is 840 Å². The van der Waals surface area contributed by atoms with Gasteiger partial charge in [0.1, 0.15) is 29.6 Å². The second-order valence-electron chi connectivity index (χ2n) is 36.8. The molecule has 4 aliphatic carbocycles. The molecular weight excluding hydrogens is 1810 g/mol. The maximum absolute atomic E-state index is 15.5. The number of hydrogen-bond acceptors (Lipinski definition) is 16. The Bertz CT molecular complexity index is 5640. The van der Waals surface area contributed by atoms with Gasteiger partial charge in [-0.2, -0.15) is 0 Å². The van der Waals surface area contributed by atoms with Crippen molar-refractivity contribution in [2.75, 3.05) is 83.3 Å². The number of ether oxygens (including phenoxy) is 13. The zero-order chi connectivity index (χ0) is 100. The van der Waals surface area contributed by atoms with Crippen LogP contribution in [0.5, 0.6) is 46.0 Å². The van der Waals surface area contributed by atoms with Crippen LogP contribution in [0.2, 0.25) is 0 Å². The molecule has 0 saturated carbocycles. The van der Waals surface area contributed by atoms with Gasteiger partial charge in [-0.1, -0.05) is 200 Å². The maximum Gasteiger partial charge on any atom is 0.165 e. The highest BCUT2D eigenvalue weighted by atomic mass is 19.1. The van der Waals surface area contributed by atoms with Gasteiger partial charge in [-0.25, -0.2) is 17.6 Å². The highest BCUT2D eigenvalue weighted by molar-refractivity contribution is 6.01. The standard InChI is InChI=1S/C36H37FO4.3C29H33FO4/c1-38-35(39-2)15-9-10-22-40-30-19-16-28(17-20-30)36-31(27-13-7-4-8-14-27)21-18-29-23-34(33(37)24-32(29)36)41-25-26-11-5-3-6-12-26;3*1-32-28(33-2)10-6-7-17-34-23-14-11-21(12-15-23)29-24(20-8-4-3-5-9-20)16-13-22-18-27(31)26(30)19-25(22)29/h3-8,11-14,16-17,19-20,23-24,35H,9-10,15,18,21-22,25H2,1-2H3;3*3-5,8-9,11-12,14-15,18-19,24,28-29,31H,6-7,10,13,16-17H2,1-2H3/t;3*24-,29+/m.110/s1. The van der Waals surface area contributed by atoms with Crippen LogP contribution < -0.4 is 23.7 Å². The van der Waals surface area contributed by atoms with E-state index in [4.69, 9.17) is 61.6 Å². The van der Waals surface area contributed by atoms with Gasteiger partial charge in [-0.15, -0.1) is 0 Å². The molecule has 0 aromatic heterocycles. The van der Waals surface area contributed by atoms with Gasteiger partial charge in [0.05, 0.1) is 26.4 Å². The molecule has 13 aromatic rings. The van der Waals surface area contributed by atoms with E-state index in [1.54, 1.807) is 81.1 Å². The first-order valence-electron chi connectivity index (χ1n) is 50.1. The van der Waals surface area contributed by atoms with Gasteiger partial charge in [0.2, 0.25) is 0 Å². The molecular formula is C123H136F4O16. The normalized spacial score (nSPS) is 16.2. The molecule has 752 valence electrons. The molecule has 0 amide bonds. The molecule has 6 atom stereocenters. The highest BCUT2D eigenvalue weighted by Gasteiger charge is 2.37. The van der Waals surface area contributed by atoms with Crippen molar-refractivity contribution in [2.24, 2.45) is 0 Å². The summed E-state index contributed by atoms with van der Waals surface area (Å²) in [6, 6.07) is 97.0. The van der Waals surface area contributed by atoms with Crippen LogP contribution in [0.15, 0.2) is 297 Å². The molecule has 0 saturated heterocycles. The third-order valence-corrected chi connectivity index (χ3v) is 27.8. The predicted octanol–water partition coefficient (Wildman–Crippen LogP) is 28.2. The summed E-state index contributed by atoms with van der Waals surface area (Å²) < 4.78 is 130. The summed E-state index contributed by atoms with van der Waals surface area (Å²) in [6.45, 7) is 2.83. The van der Waals surface area contributed by atoms with E-state index in [2.05, 4.69) is 146 Å². The quantitative estimate of drug-likeness (QED) is 0.0186. The zero-order valence-electron chi connectivity index (χ0n) is 83.4. The summed E-state index contributed by atoms with van der Waals surface area (Å²) in [6.07, 6.45) is 17.1. The fourth-order valence-electron chi connectivity index (χ4n) is 20.3. The van der Waals surface area contributed by atoms with Crippen LogP contribution in [-0.4, -0.2) is 124 Å². The molecule has 0 bridgehead atoms. The molecule has 0 aliphatic heterocycles. The average Bonchev–Trinajstić information content (AvgIpc) is 0.775. The van der Waals surface area contributed by atoms with Crippen molar-refractivity contribution < 1.29 is 94.5 Å². The number of halogens is 4. The fourth-order valence-corrected chi connectivity index (χ4v) is 20.3. The molecule has 143 heavy (non-hydrogen) atoms. The van der Waals surface area contributed by atoms with Gasteiger partial charge in [0.15, 0.2) is 71.4 Å². The van der Waals surface area contributed by atoms with Crippen molar-refractivity contribution in [3.05, 3.63) is 415 Å². The maximum atomic E-state index is 15.5. The van der Waals surface area contributed by atoms with Crippen LogP contribution in [0.1, 0.15) is 233 Å². The van der Waals surface area contributed by atoms with Crippen molar-refractivity contribution in [3.63, 3.8) is 0 Å². The molecule has 20 heteroatoms. The number of allylic oxidation sites excluding steroid dienone is 1. The Balaban J connectivity index is 0.000000152. The molecule has 0 spiro atoms. The summed E-state index contributed by atoms with van der Waals surface area (Å²) in [5.41, 5.74) is 20.5. The Morgan fingerprint density at radius 2 is 0.573 bits per heavy atom. The number of unbranched alkanes of at least 4 members (excludes halogenated alkanes) is 4. The summed E-state index contributed by atoms with van der Waals surface area (Å²) in [4.78, 5) is 0. The van der Waals surface area contributed by atoms with Gasteiger partial charge in [0, 0.05) is 74.6 Å². The molecule has 0 heterocycles. The first-order chi connectivity index (χ1) is 70.0. The number of rotatable bonds is 43. The SMILES string of the molecule is COC(CCCCOc1ccc(C2=C(c3ccccc3)CCc3cc(OCc4ccccc4)c(F)cc32)cc1)OC.COC(CCCCOc1ccc([C@@H]2c3cc(F)c(O)cc3CC[C@@H]2c2ccccc2)cc1)OC.COC(CCCCOc1ccc([C@@H]2c3cc(F)c(O)cc3CC[C@@H]2c2ccccc2)cc1)OC.COC(CCCCOc1ccc([C@H]2c3cc(F)c(O)cc3CC[C@H]2c2ccccc2)cc1)OC. The Hall–Kier alpha value is -12.6. The molecule has 0 fully saturated rings. The van der Waals surface area contributed by atoms with Gasteiger partial charge >= 0.3 is 0 Å². The molecule has 0 unspecified atom stereocenters. The zero-order valence-corrected chi connectivity index (χ0v) is 83.4. The molecule has 16 nitrogen and oxygen atoms in total. The van der Waals surface area contributed by atoms with Crippen LogP contribution in [-0.2, 0) is 70.2 Å². The van der Waals surface area contributed by atoms with Crippen LogP contribution in [0.3, 0.4) is 0 Å². The van der Waals surface area contributed by atoms with Crippen LogP contribution >= 0.6 is 0 Å². The summed E-state index contributed by atoms with van der Waals surface area (Å²) in [7, 11) is 13.2. The van der Waals surface area contributed by atoms with Crippen molar-refractivity contribution in [1.29, 1.82) is 0 Å². The van der Waals surface area contributed by atoms with E-state index in [9.17, 15) is 28.5 Å². The smallest absolute Gasteiger partial charge is 0.165 e. The highest BCUT2D eigenvalue weighted by Crippen LogP contribution is 2.52. The van der Waals surface area contributed by atoms with Crippen LogP contribution in [0, 0.1) is 23.3 Å². The lowest BCUT2D eigenvalue weighted by molar-refractivity contribution is -0.107. The molecule has 13 aromatic carbocycles. The van der Waals surface area contributed by atoms with Crippen LogP contribution in [0.25, 0.3) is 11.1 Å². The third-order valence-electron chi connectivity index (χ3n) is 27.8. The number of phenols is 3. The minimum Gasteiger partial charge on any atom is -0.505 e. The van der Waals surface area contributed by atoms with E-state index in [0.717, 1.165) is 235 Å². The molecule has 0 radical (unpaired) electrons. The van der Waals surface area contributed by atoms with Crippen molar-refractivity contribution in [1.82, 2.24) is 0 Å². The monoisotopic (exact) mass is 1940 g/mol. The average molecular weight is 1950 g/mol. The number of phenolic OH excluding ortho intramolecular Hbond substituents is 3. The second-order valence-corrected chi connectivity index (χ2v) is 36.8. The van der Waals surface area contributed by atoms with E-state index in [-0.39, 0.29) is 83.7 Å². The minimum atomic E-state index is -0.568. The molecule has 17 rings (SSSR count). The first-order valence-corrected chi connectivity index (χ1v) is 50.1. The molecule has 4 aliphatic rings. The van der Waals surface area contributed by atoms with Crippen molar-refractivity contribution in [2.45, 2.75) is 196 Å². The number of fused-ring (bicyclic) bond motifs is 4. The topological polar surface area (TPSA) is 181 Å².